The molecule has 1 aromatic heterocycles. The Morgan fingerprint density at radius 3 is 2.62 bits per heavy atom. The summed E-state index contributed by atoms with van der Waals surface area (Å²) < 4.78 is 5.25. The molecule has 0 atom stereocenters. The van der Waals surface area contributed by atoms with Gasteiger partial charge in [-0.05, 0) is 49.8 Å². The van der Waals surface area contributed by atoms with Gasteiger partial charge in [0.1, 0.15) is 5.76 Å². The summed E-state index contributed by atoms with van der Waals surface area (Å²) in [5.41, 5.74) is 6.23. The highest BCUT2D eigenvalue weighted by molar-refractivity contribution is 5.79. The number of benzene rings is 1. The van der Waals surface area contributed by atoms with Gasteiger partial charge in [-0.2, -0.15) is 0 Å². The fourth-order valence-electron chi connectivity index (χ4n) is 4.13. The van der Waals surface area contributed by atoms with E-state index in [0.29, 0.717) is 6.42 Å². The average molecular weight is 353 g/mol. The van der Waals surface area contributed by atoms with E-state index in [0.717, 1.165) is 56.2 Å². The van der Waals surface area contributed by atoms with Crippen molar-refractivity contribution in [3.63, 3.8) is 0 Å². The van der Waals surface area contributed by atoms with E-state index in [1.807, 2.05) is 18.7 Å². The maximum atomic E-state index is 12.7. The lowest BCUT2D eigenvalue weighted by atomic mass is 10.0. The van der Waals surface area contributed by atoms with Gasteiger partial charge in [-0.3, -0.25) is 9.69 Å². The lowest BCUT2D eigenvalue weighted by Gasteiger charge is -2.34. The van der Waals surface area contributed by atoms with E-state index < -0.39 is 0 Å². The first-order chi connectivity index (χ1) is 12.6. The monoisotopic (exact) mass is 353 g/mol. The molecule has 2 aromatic rings. The molecular formula is C21H27N3O2. The number of carbonyl (C=O) groups excluding carboxylic acids is 1. The van der Waals surface area contributed by atoms with Gasteiger partial charge in [0.25, 0.3) is 0 Å². The number of carbonyl (C=O) groups is 1. The highest BCUT2D eigenvalue weighted by Crippen LogP contribution is 2.23. The molecule has 1 aliphatic carbocycles. The Bertz CT molecular complexity index is 784. The molecule has 5 nitrogen and oxygen atoms in total. The van der Waals surface area contributed by atoms with Crippen molar-refractivity contribution in [1.82, 2.24) is 15.0 Å². The van der Waals surface area contributed by atoms with Crippen LogP contribution in [0.15, 0.2) is 22.7 Å². The largest absolute Gasteiger partial charge is 0.361 e. The summed E-state index contributed by atoms with van der Waals surface area (Å²) in [5, 5.41) is 4.03. The Morgan fingerprint density at radius 2 is 1.88 bits per heavy atom. The zero-order chi connectivity index (χ0) is 18.1. The summed E-state index contributed by atoms with van der Waals surface area (Å²) in [7, 11) is 0. The van der Waals surface area contributed by atoms with E-state index in [4.69, 9.17) is 4.52 Å². The third-order valence-electron chi connectivity index (χ3n) is 5.81. The van der Waals surface area contributed by atoms with Gasteiger partial charge in [-0.25, -0.2) is 0 Å². The van der Waals surface area contributed by atoms with E-state index in [1.165, 1.54) is 29.5 Å². The topological polar surface area (TPSA) is 49.6 Å². The van der Waals surface area contributed by atoms with Gasteiger partial charge >= 0.3 is 0 Å². The van der Waals surface area contributed by atoms with Gasteiger partial charge in [0.05, 0.1) is 12.1 Å². The zero-order valence-electron chi connectivity index (χ0n) is 15.8. The molecule has 1 saturated heterocycles. The van der Waals surface area contributed by atoms with E-state index in [2.05, 4.69) is 28.3 Å². The predicted molar refractivity (Wildman–Crippen MR) is 100 cm³/mol. The van der Waals surface area contributed by atoms with Crippen LogP contribution in [0, 0.1) is 13.8 Å². The summed E-state index contributed by atoms with van der Waals surface area (Å²) in [6, 6.07) is 6.59. The summed E-state index contributed by atoms with van der Waals surface area (Å²) in [6.07, 6.45) is 4.13. The van der Waals surface area contributed by atoms with Gasteiger partial charge in [-0.15, -0.1) is 0 Å². The lowest BCUT2D eigenvalue weighted by molar-refractivity contribution is -0.132. The van der Waals surface area contributed by atoms with Gasteiger partial charge < -0.3 is 9.42 Å². The molecule has 4 rings (SSSR count). The molecule has 5 heteroatoms. The van der Waals surface area contributed by atoms with Crippen molar-refractivity contribution in [2.24, 2.45) is 0 Å². The van der Waals surface area contributed by atoms with Crippen LogP contribution < -0.4 is 0 Å². The Balaban J connectivity index is 1.31. The zero-order valence-corrected chi connectivity index (χ0v) is 15.8. The molecule has 0 bridgehead atoms. The summed E-state index contributed by atoms with van der Waals surface area (Å²) in [4.78, 5) is 17.1. The summed E-state index contributed by atoms with van der Waals surface area (Å²) in [5.74, 6) is 1.15. The molecule has 0 saturated carbocycles. The van der Waals surface area contributed by atoms with Crippen molar-refractivity contribution in [1.29, 1.82) is 0 Å². The minimum atomic E-state index is 0.250. The molecule has 0 unspecified atom stereocenters. The molecule has 138 valence electrons. The number of aromatic nitrogens is 1. The summed E-state index contributed by atoms with van der Waals surface area (Å²) >= 11 is 0. The minimum Gasteiger partial charge on any atom is -0.361 e. The molecule has 1 aromatic carbocycles. The minimum absolute atomic E-state index is 0.250. The van der Waals surface area contributed by atoms with E-state index in [9.17, 15) is 4.79 Å². The van der Waals surface area contributed by atoms with Gasteiger partial charge in [0.2, 0.25) is 5.91 Å². The Hall–Kier alpha value is -2.14. The molecule has 2 heterocycles. The van der Waals surface area contributed by atoms with Crippen molar-refractivity contribution in [2.75, 3.05) is 26.2 Å². The smallest absolute Gasteiger partial charge is 0.227 e. The van der Waals surface area contributed by atoms with Crippen LogP contribution in [-0.2, 0) is 30.6 Å². The van der Waals surface area contributed by atoms with E-state index in [-0.39, 0.29) is 5.91 Å². The molecule has 1 amide bonds. The third-order valence-corrected chi connectivity index (χ3v) is 5.81. The maximum Gasteiger partial charge on any atom is 0.227 e. The van der Waals surface area contributed by atoms with Gasteiger partial charge in [0.15, 0.2) is 0 Å². The molecular weight excluding hydrogens is 326 g/mol. The van der Waals surface area contributed by atoms with E-state index >= 15 is 0 Å². The number of amides is 1. The first kappa shape index (κ1) is 17.3. The fraction of sp³-hybridized carbons (Fsp3) is 0.524. The predicted octanol–water partition coefficient (Wildman–Crippen LogP) is 2.67. The number of hydrogen-bond donors (Lipinski definition) is 0. The third kappa shape index (κ3) is 3.54. The maximum absolute atomic E-state index is 12.7. The van der Waals surface area contributed by atoms with E-state index in [1.54, 1.807) is 0 Å². The number of nitrogens with zero attached hydrogens (tertiary/aromatic N) is 3. The second-order valence-corrected chi connectivity index (χ2v) is 7.59. The SMILES string of the molecule is Cc1noc(C)c1CN1CCN(C(=O)Cc2ccc3c(c2)CCC3)CC1. The second-order valence-electron chi connectivity index (χ2n) is 7.59. The molecule has 1 aliphatic heterocycles. The fourth-order valence-corrected chi connectivity index (χ4v) is 4.13. The van der Waals surface area contributed by atoms with Crippen LogP contribution in [0.4, 0.5) is 0 Å². The van der Waals surface area contributed by atoms with Gasteiger partial charge in [-0.1, -0.05) is 23.4 Å². The van der Waals surface area contributed by atoms with Crippen LogP contribution in [-0.4, -0.2) is 47.0 Å². The molecule has 1 fully saturated rings. The normalized spacial score (nSPS) is 17.5. The quantitative estimate of drug-likeness (QED) is 0.848. The summed E-state index contributed by atoms with van der Waals surface area (Å²) in [6.45, 7) is 8.21. The molecule has 0 N–H and O–H groups in total. The van der Waals surface area contributed by atoms with Crippen LogP contribution in [0.5, 0.6) is 0 Å². The van der Waals surface area contributed by atoms with Crippen molar-refractivity contribution >= 4 is 5.91 Å². The van der Waals surface area contributed by atoms with Crippen LogP contribution in [0.25, 0.3) is 0 Å². The lowest BCUT2D eigenvalue weighted by Crippen LogP contribution is -2.48. The average Bonchev–Trinajstić information content (AvgIpc) is 3.23. The Morgan fingerprint density at radius 1 is 1.12 bits per heavy atom. The number of piperazine rings is 1. The molecule has 2 aliphatic rings. The highest BCUT2D eigenvalue weighted by Gasteiger charge is 2.23. The van der Waals surface area contributed by atoms with Crippen LogP contribution in [0.3, 0.4) is 0 Å². The standard InChI is InChI=1S/C21H27N3O2/c1-15-20(16(2)26-22-15)14-23-8-10-24(11-9-23)21(25)13-17-6-7-18-4-3-5-19(18)12-17/h6-7,12H,3-5,8-11,13-14H2,1-2H3. The van der Waals surface area contributed by atoms with Crippen molar-refractivity contribution in [2.45, 2.75) is 46.1 Å². The van der Waals surface area contributed by atoms with Crippen molar-refractivity contribution in [3.8, 4) is 0 Å². The second kappa shape index (κ2) is 7.23. The van der Waals surface area contributed by atoms with Crippen LogP contribution in [0.1, 0.15) is 40.1 Å². The number of aryl methyl sites for hydroxylation is 4. The first-order valence-corrected chi connectivity index (χ1v) is 9.62. The number of rotatable bonds is 4. The Labute approximate surface area is 155 Å². The molecule has 0 spiro atoms. The number of hydrogen-bond acceptors (Lipinski definition) is 4. The van der Waals surface area contributed by atoms with Crippen LogP contribution >= 0.6 is 0 Å². The highest BCUT2D eigenvalue weighted by atomic mass is 16.5. The molecule has 26 heavy (non-hydrogen) atoms. The van der Waals surface area contributed by atoms with Crippen LogP contribution in [0.2, 0.25) is 0 Å². The number of fused-ring (bicyclic) bond motifs is 1. The van der Waals surface area contributed by atoms with Crippen molar-refractivity contribution < 1.29 is 9.32 Å². The molecule has 0 radical (unpaired) electrons. The van der Waals surface area contributed by atoms with Crippen molar-refractivity contribution in [3.05, 3.63) is 51.9 Å². The Kier molecular flexibility index (Phi) is 4.81. The first-order valence-electron chi connectivity index (χ1n) is 9.62. The van der Waals surface area contributed by atoms with Gasteiger partial charge in [0, 0.05) is 38.3 Å².